The third-order valence-corrected chi connectivity index (χ3v) is 7.93. The molecular formula is C29H29N3O7. The van der Waals surface area contributed by atoms with Gasteiger partial charge in [0, 0.05) is 36.7 Å². The zero-order valence-electron chi connectivity index (χ0n) is 21.2. The molecular weight excluding hydrogens is 502 g/mol. The first kappa shape index (κ1) is 26.3. The van der Waals surface area contributed by atoms with E-state index in [2.05, 4.69) is 5.32 Å². The molecule has 0 unspecified atom stereocenters. The Balaban J connectivity index is 1.56. The number of amides is 1. The van der Waals surface area contributed by atoms with E-state index in [4.69, 9.17) is 11.1 Å². The lowest BCUT2D eigenvalue weighted by Gasteiger charge is -2.46. The van der Waals surface area contributed by atoms with Crippen LogP contribution in [0.2, 0.25) is 0 Å². The molecule has 3 aliphatic rings. The highest BCUT2D eigenvalue weighted by Crippen LogP contribution is 2.53. The summed E-state index contributed by atoms with van der Waals surface area (Å²) < 4.78 is 0. The van der Waals surface area contributed by atoms with E-state index in [1.54, 1.807) is 13.0 Å². The van der Waals surface area contributed by atoms with Crippen LogP contribution in [-0.2, 0) is 27.3 Å². The third kappa shape index (κ3) is 4.12. The maximum Gasteiger partial charge on any atom is 0.255 e. The summed E-state index contributed by atoms with van der Waals surface area (Å²) in [6, 6.07) is 10.9. The van der Waals surface area contributed by atoms with Crippen LogP contribution in [0.1, 0.15) is 36.5 Å². The number of benzene rings is 2. The quantitative estimate of drug-likeness (QED) is 0.218. The Bertz CT molecular complexity index is 1510. The van der Waals surface area contributed by atoms with Gasteiger partial charge in [0.2, 0.25) is 5.78 Å². The van der Waals surface area contributed by atoms with Crippen molar-refractivity contribution < 1.29 is 34.8 Å². The van der Waals surface area contributed by atoms with Gasteiger partial charge in [0.15, 0.2) is 11.4 Å². The van der Waals surface area contributed by atoms with Gasteiger partial charge in [0.25, 0.3) is 5.91 Å². The van der Waals surface area contributed by atoms with E-state index >= 15 is 0 Å². The maximum atomic E-state index is 13.6. The SMILES string of the molecule is CC(=N)CNCc1ccc(-c2ccc(O)c3c2C[C@H]2C[C@H]4CC(=O)C(C(N)=O)=C(O)[C@@]4(O)C(=O)C2=C3O)cc1. The van der Waals surface area contributed by atoms with Crippen molar-refractivity contribution in [2.24, 2.45) is 17.6 Å². The molecule has 0 spiro atoms. The average molecular weight is 532 g/mol. The normalized spacial score (nSPS) is 24.3. The number of aliphatic hydroxyl groups is 3. The Hall–Kier alpha value is -4.28. The fourth-order valence-corrected chi connectivity index (χ4v) is 6.09. The molecule has 1 fully saturated rings. The second-order valence-corrected chi connectivity index (χ2v) is 10.5. The van der Waals surface area contributed by atoms with Crippen LogP contribution in [0.25, 0.3) is 16.9 Å². The maximum absolute atomic E-state index is 13.6. The van der Waals surface area contributed by atoms with Crippen molar-refractivity contribution in [2.75, 3.05) is 6.54 Å². The smallest absolute Gasteiger partial charge is 0.255 e. The van der Waals surface area contributed by atoms with E-state index in [-0.39, 0.29) is 36.1 Å². The molecule has 202 valence electrons. The number of carbonyl (C=O) groups excluding carboxylic acids is 3. The van der Waals surface area contributed by atoms with Crippen LogP contribution < -0.4 is 11.1 Å². The topological polar surface area (TPSA) is 194 Å². The Labute approximate surface area is 224 Å². The van der Waals surface area contributed by atoms with Crippen LogP contribution in [-0.4, -0.2) is 55.8 Å². The minimum atomic E-state index is -2.58. The van der Waals surface area contributed by atoms with E-state index in [1.807, 2.05) is 24.3 Å². The van der Waals surface area contributed by atoms with E-state index in [9.17, 15) is 34.8 Å². The van der Waals surface area contributed by atoms with Crippen LogP contribution in [0, 0.1) is 17.2 Å². The zero-order valence-corrected chi connectivity index (χ0v) is 21.2. The Morgan fingerprint density at radius 3 is 2.44 bits per heavy atom. The van der Waals surface area contributed by atoms with Crippen molar-refractivity contribution in [1.29, 1.82) is 5.41 Å². The van der Waals surface area contributed by atoms with Gasteiger partial charge in [-0.3, -0.25) is 14.4 Å². The number of fused-ring (bicyclic) bond motifs is 3. The molecule has 3 aliphatic carbocycles. The largest absolute Gasteiger partial charge is 0.508 e. The van der Waals surface area contributed by atoms with Crippen LogP contribution in [0.3, 0.4) is 0 Å². The number of phenolic OH excluding ortho intramolecular Hbond substituents is 1. The molecule has 0 heterocycles. The van der Waals surface area contributed by atoms with E-state index in [1.165, 1.54) is 6.07 Å². The monoisotopic (exact) mass is 531 g/mol. The average Bonchev–Trinajstić information content (AvgIpc) is 2.86. The molecule has 0 aliphatic heterocycles. The van der Waals surface area contributed by atoms with Gasteiger partial charge in [-0.15, -0.1) is 0 Å². The summed E-state index contributed by atoms with van der Waals surface area (Å²) in [5.74, 6) is -6.48. The predicted molar refractivity (Wildman–Crippen MR) is 142 cm³/mol. The summed E-state index contributed by atoms with van der Waals surface area (Å²) in [5.41, 5.74) is 5.47. The number of nitrogens with one attached hydrogen (secondary N) is 2. The van der Waals surface area contributed by atoms with Gasteiger partial charge in [-0.1, -0.05) is 30.3 Å². The van der Waals surface area contributed by atoms with Gasteiger partial charge in [-0.05, 0) is 54.0 Å². The van der Waals surface area contributed by atoms with E-state index in [0.29, 0.717) is 24.4 Å². The van der Waals surface area contributed by atoms with Crippen molar-refractivity contribution in [2.45, 2.75) is 38.3 Å². The minimum absolute atomic E-state index is 0.0619. The third-order valence-electron chi connectivity index (χ3n) is 7.93. The lowest BCUT2D eigenvalue weighted by Crippen LogP contribution is -2.58. The van der Waals surface area contributed by atoms with Crippen LogP contribution in [0.15, 0.2) is 53.3 Å². The molecule has 5 rings (SSSR count). The molecule has 2 aromatic rings. The summed E-state index contributed by atoms with van der Waals surface area (Å²) in [7, 11) is 0. The Morgan fingerprint density at radius 1 is 1.10 bits per heavy atom. The standard InChI is InChI=1S/C29H29N3O7/c1-13(30)11-32-12-14-2-4-15(5-3-14)18-6-7-20(33)23-19(18)9-16-8-17-10-21(34)24(28(31)38)27(37)29(17,39)26(36)22(16)25(23)35/h2-7,16-17,30,32-33,35,37,39H,8-12H2,1H3,(H2,31,38)/t16-,17+,29+/m1/s1. The lowest BCUT2D eigenvalue weighted by molar-refractivity contribution is -0.147. The molecule has 1 amide bonds. The van der Waals surface area contributed by atoms with Gasteiger partial charge in [-0.2, -0.15) is 0 Å². The number of primary amides is 1. The van der Waals surface area contributed by atoms with E-state index in [0.717, 1.165) is 16.7 Å². The van der Waals surface area contributed by atoms with Crippen molar-refractivity contribution in [3.63, 3.8) is 0 Å². The highest BCUT2D eigenvalue weighted by molar-refractivity contribution is 6.22. The number of ketones is 2. The Morgan fingerprint density at radius 2 is 1.79 bits per heavy atom. The van der Waals surface area contributed by atoms with Crippen LogP contribution in [0.4, 0.5) is 0 Å². The summed E-state index contributed by atoms with van der Waals surface area (Å²) in [4.78, 5) is 37.9. The molecule has 0 radical (unpaired) electrons. The number of aliphatic hydroxyl groups excluding tert-OH is 2. The number of carbonyl (C=O) groups is 3. The second-order valence-electron chi connectivity index (χ2n) is 10.5. The van der Waals surface area contributed by atoms with Crippen molar-refractivity contribution in [3.8, 4) is 16.9 Å². The first-order valence-electron chi connectivity index (χ1n) is 12.6. The van der Waals surface area contributed by atoms with Crippen LogP contribution >= 0.6 is 0 Å². The first-order valence-corrected chi connectivity index (χ1v) is 12.6. The highest BCUT2D eigenvalue weighted by Gasteiger charge is 2.60. The van der Waals surface area contributed by atoms with Gasteiger partial charge in [0.05, 0.1) is 5.56 Å². The van der Waals surface area contributed by atoms with Gasteiger partial charge >= 0.3 is 0 Å². The number of hydrogen-bond acceptors (Lipinski definition) is 9. The molecule has 0 saturated heterocycles. The van der Waals surface area contributed by atoms with Gasteiger partial charge in [-0.25, -0.2) is 0 Å². The number of Topliss-reactive ketones (excluding diaryl/α,β-unsaturated/α-hetero) is 2. The molecule has 10 nitrogen and oxygen atoms in total. The molecule has 3 atom stereocenters. The number of hydrogen-bond donors (Lipinski definition) is 7. The van der Waals surface area contributed by atoms with Crippen molar-refractivity contribution in [3.05, 3.63) is 70.0 Å². The number of phenols is 1. The fraction of sp³-hybridized carbons (Fsp3) is 0.310. The lowest BCUT2D eigenvalue weighted by atomic mass is 9.59. The number of rotatable bonds is 6. The molecule has 8 N–H and O–H groups in total. The van der Waals surface area contributed by atoms with Gasteiger partial charge in [0.1, 0.15) is 22.8 Å². The van der Waals surface area contributed by atoms with Crippen molar-refractivity contribution >= 4 is 28.9 Å². The Kier molecular flexibility index (Phi) is 6.40. The molecule has 1 saturated carbocycles. The number of aromatic hydroxyl groups is 1. The summed E-state index contributed by atoms with van der Waals surface area (Å²) in [6.45, 7) is 2.80. The fourth-order valence-electron chi connectivity index (χ4n) is 6.09. The van der Waals surface area contributed by atoms with Crippen molar-refractivity contribution in [1.82, 2.24) is 5.32 Å². The molecule has 10 heteroatoms. The van der Waals surface area contributed by atoms with E-state index < -0.39 is 52.0 Å². The first-order chi connectivity index (χ1) is 18.4. The zero-order chi connectivity index (χ0) is 28.2. The summed E-state index contributed by atoms with van der Waals surface area (Å²) in [6.07, 6.45) is -0.0447. The molecule has 39 heavy (non-hydrogen) atoms. The highest BCUT2D eigenvalue weighted by atomic mass is 16.3. The molecule has 0 bridgehead atoms. The predicted octanol–water partition coefficient (Wildman–Crippen LogP) is 2.22. The number of nitrogens with two attached hydrogens (primary N) is 1. The minimum Gasteiger partial charge on any atom is -0.508 e. The summed E-state index contributed by atoms with van der Waals surface area (Å²) >= 11 is 0. The molecule has 0 aromatic heterocycles. The van der Waals surface area contributed by atoms with Crippen LogP contribution in [0.5, 0.6) is 5.75 Å². The van der Waals surface area contributed by atoms with Gasteiger partial charge < -0.3 is 36.9 Å². The second kappa shape index (κ2) is 9.48. The summed E-state index contributed by atoms with van der Waals surface area (Å²) in [5, 5.41) is 54.7. The molecule has 2 aromatic carbocycles.